The monoisotopic (exact) mass is 480 g/mol. The summed E-state index contributed by atoms with van der Waals surface area (Å²) in [6.07, 6.45) is 3.39. The molecule has 5 nitrogen and oxygen atoms in total. The summed E-state index contributed by atoms with van der Waals surface area (Å²) in [5, 5.41) is 12.9. The van der Waals surface area contributed by atoms with Gasteiger partial charge in [-0.15, -0.1) is 16.8 Å². The number of nitrogens with one attached hydrogen (secondary N) is 1. The normalized spacial score (nSPS) is 10.8. The highest BCUT2D eigenvalue weighted by atomic mass is 35.5. The third-order valence-corrected chi connectivity index (χ3v) is 6.20. The number of nitrogens with zero attached hydrogens (tertiary/aromatic N) is 3. The van der Waals surface area contributed by atoms with Crippen molar-refractivity contribution < 1.29 is 4.79 Å². The molecule has 3 rings (SSSR count). The lowest BCUT2D eigenvalue weighted by atomic mass is 10.1. The second-order valence-corrected chi connectivity index (χ2v) is 8.53. The Morgan fingerprint density at radius 1 is 1.07 bits per heavy atom. The zero-order valence-corrected chi connectivity index (χ0v) is 19.0. The molecule has 1 N–H and O–H groups in total. The van der Waals surface area contributed by atoms with Crippen LogP contribution in [0, 0.1) is 0 Å². The maximum atomic E-state index is 12.4. The van der Waals surface area contributed by atoms with Gasteiger partial charge < -0.3 is 9.88 Å². The fraction of sp³-hybridized carbons (Fsp3) is 0.190. The number of hydrogen-bond acceptors (Lipinski definition) is 4. The minimum atomic E-state index is -0.237. The van der Waals surface area contributed by atoms with Crippen LogP contribution in [0.15, 0.2) is 60.3 Å². The molecule has 0 bridgehead atoms. The number of carbonyl (C=O) groups is 1. The molecular weight excluding hydrogens is 463 g/mol. The van der Waals surface area contributed by atoms with E-state index in [4.69, 9.17) is 34.8 Å². The molecule has 0 aliphatic heterocycles. The minimum Gasteiger partial charge on any atom is -0.324 e. The van der Waals surface area contributed by atoms with Crippen LogP contribution in [0.3, 0.4) is 0 Å². The van der Waals surface area contributed by atoms with Gasteiger partial charge in [0.2, 0.25) is 5.91 Å². The topological polar surface area (TPSA) is 59.8 Å². The molecule has 0 spiro atoms. The van der Waals surface area contributed by atoms with Gasteiger partial charge in [-0.2, -0.15) is 0 Å². The first kappa shape index (κ1) is 22.7. The molecule has 156 valence electrons. The first-order chi connectivity index (χ1) is 14.5. The number of thioether (sulfide) groups is 1. The van der Waals surface area contributed by atoms with Crippen molar-refractivity contribution in [3.8, 4) is 0 Å². The van der Waals surface area contributed by atoms with E-state index in [1.54, 1.807) is 6.08 Å². The molecule has 9 heteroatoms. The number of halogens is 3. The number of benzene rings is 2. The molecule has 3 aromatic rings. The predicted molar refractivity (Wildman–Crippen MR) is 125 cm³/mol. The lowest BCUT2D eigenvalue weighted by Gasteiger charge is -2.10. The molecule has 0 fully saturated rings. The summed E-state index contributed by atoms with van der Waals surface area (Å²) in [4.78, 5) is 12.4. The summed E-state index contributed by atoms with van der Waals surface area (Å²) in [6, 6.07) is 13.2. The second-order valence-electron chi connectivity index (χ2n) is 6.37. The van der Waals surface area contributed by atoms with Crippen molar-refractivity contribution in [2.45, 2.75) is 24.5 Å². The molecule has 0 aliphatic rings. The van der Waals surface area contributed by atoms with Crippen LogP contribution in [-0.2, 0) is 24.2 Å². The second kappa shape index (κ2) is 10.9. The number of amides is 1. The van der Waals surface area contributed by atoms with Gasteiger partial charge in [0.15, 0.2) is 5.16 Å². The van der Waals surface area contributed by atoms with E-state index in [0.29, 0.717) is 32.5 Å². The Bertz CT molecular complexity index is 1040. The Labute approximate surface area is 194 Å². The minimum absolute atomic E-state index is 0.143. The molecule has 2 aromatic carbocycles. The lowest BCUT2D eigenvalue weighted by molar-refractivity contribution is -0.113. The fourth-order valence-corrected chi connectivity index (χ4v) is 4.12. The smallest absolute Gasteiger partial charge is 0.234 e. The third kappa shape index (κ3) is 6.01. The fourth-order valence-electron chi connectivity index (χ4n) is 2.76. The lowest BCUT2D eigenvalue weighted by Crippen LogP contribution is -2.15. The zero-order chi connectivity index (χ0) is 21.5. The first-order valence-corrected chi connectivity index (χ1v) is 11.2. The van der Waals surface area contributed by atoms with Crippen molar-refractivity contribution in [3.05, 3.63) is 81.6 Å². The van der Waals surface area contributed by atoms with Crippen molar-refractivity contribution in [1.82, 2.24) is 14.8 Å². The van der Waals surface area contributed by atoms with E-state index in [-0.39, 0.29) is 11.7 Å². The van der Waals surface area contributed by atoms with Gasteiger partial charge in [-0.05, 0) is 24.1 Å². The van der Waals surface area contributed by atoms with Crippen LogP contribution in [0.2, 0.25) is 15.1 Å². The van der Waals surface area contributed by atoms with Crippen molar-refractivity contribution in [2.75, 3.05) is 11.1 Å². The van der Waals surface area contributed by atoms with Gasteiger partial charge in [0.05, 0.1) is 26.5 Å². The van der Waals surface area contributed by atoms with Gasteiger partial charge in [0, 0.05) is 13.0 Å². The van der Waals surface area contributed by atoms with Gasteiger partial charge in [0.25, 0.3) is 0 Å². The maximum absolute atomic E-state index is 12.4. The average molecular weight is 482 g/mol. The molecule has 1 aromatic heterocycles. The Hall–Kier alpha value is -1.99. The van der Waals surface area contributed by atoms with Crippen LogP contribution >= 0.6 is 46.6 Å². The third-order valence-electron chi connectivity index (χ3n) is 4.20. The van der Waals surface area contributed by atoms with Crippen LogP contribution < -0.4 is 5.32 Å². The Kier molecular flexibility index (Phi) is 8.22. The largest absolute Gasteiger partial charge is 0.324 e. The Balaban J connectivity index is 1.63. The molecule has 0 unspecified atom stereocenters. The van der Waals surface area contributed by atoms with Crippen LogP contribution in [0.5, 0.6) is 0 Å². The van der Waals surface area contributed by atoms with Gasteiger partial charge in [-0.1, -0.05) is 83.0 Å². The molecule has 0 saturated carbocycles. The number of anilines is 1. The highest BCUT2D eigenvalue weighted by Crippen LogP contribution is 2.32. The Morgan fingerprint density at radius 3 is 2.53 bits per heavy atom. The van der Waals surface area contributed by atoms with Gasteiger partial charge >= 0.3 is 0 Å². The predicted octanol–water partition coefficient (Wildman–Crippen LogP) is 5.94. The summed E-state index contributed by atoms with van der Waals surface area (Å²) in [6.45, 7) is 4.38. The molecule has 0 saturated heterocycles. The quantitative estimate of drug-likeness (QED) is 0.233. The number of aryl methyl sites for hydroxylation is 2. The maximum Gasteiger partial charge on any atom is 0.234 e. The molecule has 30 heavy (non-hydrogen) atoms. The zero-order valence-electron chi connectivity index (χ0n) is 15.9. The summed E-state index contributed by atoms with van der Waals surface area (Å²) >= 11 is 19.3. The molecule has 0 aliphatic carbocycles. The van der Waals surface area contributed by atoms with Crippen LogP contribution in [0.1, 0.15) is 11.4 Å². The van der Waals surface area contributed by atoms with Crippen molar-refractivity contribution >= 4 is 58.2 Å². The molecule has 1 heterocycles. The van der Waals surface area contributed by atoms with E-state index in [1.165, 1.54) is 29.5 Å². The summed E-state index contributed by atoms with van der Waals surface area (Å²) in [7, 11) is 0. The van der Waals surface area contributed by atoms with Crippen molar-refractivity contribution in [3.63, 3.8) is 0 Å². The van der Waals surface area contributed by atoms with E-state index >= 15 is 0 Å². The van der Waals surface area contributed by atoms with E-state index in [2.05, 4.69) is 34.2 Å². The first-order valence-electron chi connectivity index (χ1n) is 9.12. The van der Waals surface area contributed by atoms with Gasteiger partial charge in [0.1, 0.15) is 5.82 Å². The summed E-state index contributed by atoms with van der Waals surface area (Å²) in [5.74, 6) is 0.762. The highest BCUT2D eigenvalue weighted by Gasteiger charge is 2.15. The van der Waals surface area contributed by atoms with Gasteiger partial charge in [-0.25, -0.2) is 0 Å². The van der Waals surface area contributed by atoms with E-state index in [9.17, 15) is 4.79 Å². The van der Waals surface area contributed by atoms with Gasteiger partial charge in [-0.3, -0.25) is 4.79 Å². The number of carbonyl (C=O) groups excluding carboxylic acids is 1. The standard InChI is InChI=1S/C21H19Cl3N4OS/c1-2-10-28-19(9-8-14-6-4-3-5-7-14)26-27-21(28)30-13-20(29)25-18-12-16(23)15(22)11-17(18)24/h2-7,11-12H,1,8-10,13H2,(H,25,29). The van der Waals surface area contributed by atoms with Crippen LogP contribution in [0.4, 0.5) is 5.69 Å². The summed E-state index contributed by atoms with van der Waals surface area (Å²) in [5.41, 5.74) is 1.64. The molecule has 0 radical (unpaired) electrons. The van der Waals surface area contributed by atoms with Crippen molar-refractivity contribution in [1.29, 1.82) is 0 Å². The number of hydrogen-bond donors (Lipinski definition) is 1. The van der Waals surface area contributed by atoms with Crippen LogP contribution in [-0.4, -0.2) is 26.4 Å². The van der Waals surface area contributed by atoms with E-state index in [0.717, 1.165) is 18.7 Å². The highest BCUT2D eigenvalue weighted by molar-refractivity contribution is 7.99. The molecule has 0 atom stereocenters. The number of allylic oxidation sites excluding steroid dienone is 1. The van der Waals surface area contributed by atoms with Crippen molar-refractivity contribution in [2.24, 2.45) is 0 Å². The number of rotatable bonds is 9. The SMILES string of the molecule is C=CCn1c(CCc2ccccc2)nnc1SCC(=O)Nc1cc(Cl)c(Cl)cc1Cl. The van der Waals surface area contributed by atoms with E-state index in [1.807, 2.05) is 22.8 Å². The van der Waals surface area contributed by atoms with E-state index < -0.39 is 0 Å². The Morgan fingerprint density at radius 2 is 1.80 bits per heavy atom. The number of aromatic nitrogens is 3. The molecule has 1 amide bonds. The average Bonchev–Trinajstić information content (AvgIpc) is 3.11. The molecular formula is C21H19Cl3N4OS. The summed E-state index contributed by atoms with van der Waals surface area (Å²) < 4.78 is 1.97. The van der Waals surface area contributed by atoms with Crippen LogP contribution in [0.25, 0.3) is 0 Å².